The summed E-state index contributed by atoms with van der Waals surface area (Å²) in [7, 11) is 0. The lowest BCUT2D eigenvalue weighted by Crippen LogP contribution is -2.34. The maximum absolute atomic E-state index is 9.99. The standard InChI is InChI=1S/C60H34N6OS/c61-34-36-26-29-49-42(31-36)41-15-3-6-19-48(41)65(49)38-32-45-59(63-35-38)58-44(16-12-30-62-58)60(45)43-28-27-37(64-46-17-4-1-13-39(46)40-14-2-5-18-47(40)64)33-56(43)68-55-25-11-22-52(57(55)60)66-50-20-7-9-23-53(50)67-54-24-10-8-21-51(54)66/h1-33,35H. The molecule has 1 unspecified atom stereocenters. The molecule has 1 atom stereocenters. The summed E-state index contributed by atoms with van der Waals surface area (Å²) in [5, 5.41) is 14.5. The quantitative estimate of drug-likeness (QED) is 0.176. The van der Waals surface area contributed by atoms with Gasteiger partial charge in [0.1, 0.15) is 0 Å². The van der Waals surface area contributed by atoms with Crippen LogP contribution in [0.3, 0.4) is 0 Å². The SMILES string of the molecule is N#Cc1ccc2c(c1)c1ccccc1n2-c1cnc2c(c1)C1(c3ccc(-n4c5ccccc5c5ccccc54)cc3Sc3cccc(N4c5ccccc5Oc5ccccc54)c31)c1cccnc1-2. The minimum Gasteiger partial charge on any atom is -0.453 e. The first-order chi connectivity index (χ1) is 33.7. The van der Waals surface area contributed by atoms with E-state index in [0.29, 0.717) is 5.56 Å². The molecule has 0 saturated carbocycles. The zero-order valence-corrected chi connectivity index (χ0v) is 36.9. The molecular formula is C60H34N6OS. The fourth-order valence-electron chi connectivity index (χ4n) is 11.6. The van der Waals surface area contributed by atoms with E-state index in [1.54, 1.807) is 0 Å². The van der Waals surface area contributed by atoms with Crippen LogP contribution in [0.5, 0.6) is 11.5 Å². The van der Waals surface area contributed by atoms with E-state index >= 15 is 0 Å². The number of hydrogen-bond acceptors (Lipinski definition) is 6. The molecule has 0 amide bonds. The summed E-state index contributed by atoms with van der Waals surface area (Å²) < 4.78 is 11.3. The zero-order valence-electron chi connectivity index (χ0n) is 36.1. The molecule has 0 fully saturated rings. The van der Waals surface area contributed by atoms with Crippen molar-refractivity contribution in [3.63, 3.8) is 0 Å². The lowest BCUT2D eigenvalue weighted by Gasteiger charge is -2.43. The summed E-state index contributed by atoms with van der Waals surface area (Å²) >= 11 is 1.82. The number of rotatable bonds is 3. The number of pyridine rings is 2. The second-order valence-corrected chi connectivity index (χ2v) is 18.7. The Labute approximate surface area is 394 Å². The summed E-state index contributed by atoms with van der Waals surface area (Å²) in [6, 6.07) is 71.3. The predicted molar refractivity (Wildman–Crippen MR) is 272 cm³/mol. The summed E-state index contributed by atoms with van der Waals surface area (Å²) in [6.07, 6.45) is 3.88. The van der Waals surface area contributed by atoms with Crippen molar-refractivity contribution in [1.29, 1.82) is 5.26 Å². The van der Waals surface area contributed by atoms with Gasteiger partial charge in [0.05, 0.1) is 79.4 Å². The zero-order chi connectivity index (χ0) is 44.7. The van der Waals surface area contributed by atoms with Gasteiger partial charge in [0.2, 0.25) is 0 Å². The highest BCUT2D eigenvalue weighted by Gasteiger charge is 2.54. The van der Waals surface area contributed by atoms with Gasteiger partial charge in [0.15, 0.2) is 11.5 Å². The Morgan fingerprint density at radius 1 is 0.471 bits per heavy atom. The fraction of sp³-hybridized carbons (Fsp3) is 0.0167. The number of anilines is 3. The van der Waals surface area contributed by atoms with E-state index in [9.17, 15) is 5.26 Å². The summed E-state index contributed by atoms with van der Waals surface area (Å²) in [4.78, 5) is 15.4. The molecule has 68 heavy (non-hydrogen) atoms. The van der Waals surface area contributed by atoms with Gasteiger partial charge in [-0.25, -0.2) is 0 Å². The second-order valence-electron chi connectivity index (χ2n) is 17.6. The first-order valence-electron chi connectivity index (χ1n) is 22.7. The number of nitrogens with zero attached hydrogens (tertiary/aromatic N) is 6. The Morgan fingerprint density at radius 3 is 1.81 bits per heavy atom. The van der Waals surface area contributed by atoms with Crippen LogP contribution in [0.4, 0.5) is 17.1 Å². The normalized spacial score (nSPS) is 15.1. The van der Waals surface area contributed by atoms with E-state index < -0.39 is 5.41 Å². The fourth-order valence-corrected chi connectivity index (χ4v) is 12.9. The van der Waals surface area contributed by atoms with Gasteiger partial charge in [-0.2, -0.15) is 5.26 Å². The molecule has 0 N–H and O–H groups in total. The predicted octanol–water partition coefficient (Wildman–Crippen LogP) is 14.9. The van der Waals surface area contributed by atoms with E-state index in [-0.39, 0.29) is 0 Å². The van der Waals surface area contributed by atoms with E-state index in [0.717, 1.165) is 105 Å². The van der Waals surface area contributed by atoms with Crippen molar-refractivity contribution >= 4 is 72.4 Å². The maximum atomic E-state index is 9.99. The molecule has 8 aromatic carbocycles. The maximum Gasteiger partial charge on any atom is 0.151 e. The van der Waals surface area contributed by atoms with Crippen LogP contribution in [-0.4, -0.2) is 19.1 Å². The molecular weight excluding hydrogens is 853 g/mol. The number of fused-ring (bicyclic) bond motifs is 17. The van der Waals surface area contributed by atoms with Crippen LogP contribution in [0.25, 0.3) is 66.4 Å². The van der Waals surface area contributed by atoms with Crippen molar-refractivity contribution < 1.29 is 4.74 Å². The second kappa shape index (κ2) is 13.8. The minimum atomic E-state index is -0.886. The first kappa shape index (κ1) is 37.3. The van der Waals surface area contributed by atoms with Crippen LogP contribution < -0.4 is 9.64 Å². The van der Waals surface area contributed by atoms with Crippen LogP contribution in [-0.2, 0) is 5.41 Å². The van der Waals surface area contributed by atoms with Gasteiger partial charge in [-0.3, -0.25) is 9.97 Å². The van der Waals surface area contributed by atoms with Crippen molar-refractivity contribution in [2.24, 2.45) is 0 Å². The van der Waals surface area contributed by atoms with Crippen LogP contribution in [0.15, 0.2) is 216 Å². The largest absolute Gasteiger partial charge is 0.453 e. The molecule has 316 valence electrons. The number of para-hydroxylation sites is 7. The topological polar surface area (TPSA) is 71.9 Å². The third-order valence-electron chi connectivity index (χ3n) is 14.3. The van der Waals surface area contributed by atoms with Crippen LogP contribution in [0.1, 0.15) is 27.8 Å². The molecule has 7 nitrogen and oxygen atoms in total. The Morgan fingerprint density at radius 2 is 1.09 bits per heavy atom. The molecule has 2 aliphatic heterocycles. The van der Waals surface area contributed by atoms with Gasteiger partial charge < -0.3 is 18.8 Å². The Kier molecular flexibility index (Phi) is 7.58. The number of hydrogen-bond donors (Lipinski definition) is 0. The molecule has 6 heterocycles. The van der Waals surface area contributed by atoms with Crippen molar-refractivity contribution in [3.8, 4) is 40.3 Å². The van der Waals surface area contributed by atoms with Crippen molar-refractivity contribution in [3.05, 3.63) is 234 Å². The molecule has 1 spiro atoms. The molecule has 15 rings (SSSR count). The molecule has 1 aliphatic carbocycles. The third kappa shape index (κ3) is 4.87. The van der Waals surface area contributed by atoms with Gasteiger partial charge in [-0.15, -0.1) is 0 Å². The van der Waals surface area contributed by atoms with E-state index in [2.05, 4.69) is 190 Å². The van der Waals surface area contributed by atoms with Crippen molar-refractivity contribution in [1.82, 2.24) is 19.1 Å². The number of ether oxygens (including phenoxy) is 1. The molecule has 12 aromatic rings. The lowest BCUT2D eigenvalue weighted by atomic mass is 9.67. The number of benzene rings is 8. The third-order valence-corrected chi connectivity index (χ3v) is 15.4. The minimum absolute atomic E-state index is 0.625. The molecule has 0 bridgehead atoms. The van der Waals surface area contributed by atoms with Gasteiger partial charge >= 0.3 is 0 Å². The highest BCUT2D eigenvalue weighted by atomic mass is 32.2. The van der Waals surface area contributed by atoms with E-state index in [1.165, 1.54) is 21.8 Å². The molecule has 0 saturated heterocycles. The Bertz CT molecular complexity index is 4120. The van der Waals surface area contributed by atoms with Crippen LogP contribution in [0, 0.1) is 11.3 Å². The lowest BCUT2D eigenvalue weighted by molar-refractivity contribution is 0.476. The number of aromatic nitrogens is 4. The van der Waals surface area contributed by atoms with E-state index in [4.69, 9.17) is 14.7 Å². The van der Waals surface area contributed by atoms with Crippen molar-refractivity contribution in [2.45, 2.75) is 15.2 Å². The van der Waals surface area contributed by atoms with Gasteiger partial charge in [-0.1, -0.05) is 109 Å². The van der Waals surface area contributed by atoms with Crippen molar-refractivity contribution in [2.75, 3.05) is 4.90 Å². The Balaban J connectivity index is 1.06. The smallest absolute Gasteiger partial charge is 0.151 e. The summed E-state index contributed by atoms with van der Waals surface area (Å²) in [5.41, 5.74) is 15.3. The van der Waals surface area contributed by atoms with Crippen LogP contribution in [0.2, 0.25) is 0 Å². The average Bonchev–Trinajstić information content (AvgIpc) is 4.01. The molecule has 3 aliphatic rings. The highest BCUT2D eigenvalue weighted by molar-refractivity contribution is 7.99. The van der Waals surface area contributed by atoms with Gasteiger partial charge in [0, 0.05) is 54.3 Å². The molecule has 8 heteroatoms. The average molecular weight is 887 g/mol. The summed E-state index contributed by atoms with van der Waals surface area (Å²) in [6.45, 7) is 0. The summed E-state index contributed by atoms with van der Waals surface area (Å²) in [5.74, 6) is 1.59. The molecule has 0 radical (unpaired) electrons. The monoisotopic (exact) mass is 886 g/mol. The Hall–Kier alpha value is -8.90. The molecule has 4 aromatic heterocycles. The van der Waals surface area contributed by atoms with Crippen LogP contribution >= 0.6 is 11.8 Å². The van der Waals surface area contributed by atoms with Gasteiger partial charge in [0.25, 0.3) is 0 Å². The first-order valence-corrected chi connectivity index (χ1v) is 23.5. The van der Waals surface area contributed by atoms with E-state index in [1.807, 2.05) is 48.4 Å². The number of nitriles is 1. The van der Waals surface area contributed by atoms with Gasteiger partial charge in [-0.05, 0) is 108 Å². The highest BCUT2D eigenvalue weighted by Crippen LogP contribution is 2.65.